The van der Waals surface area contributed by atoms with E-state index in [4.69, 9.17) is 10.5 Å². The molecule has 2 N–H and O–H groups in total. The van der Waals surface area contributed by atoms with E-state index in [1.807, 2.05) is 6.07 Å². The molecule has 1 aromatic carbocycles. The van der Waals surface area contributed by atoms with Crippen LogP contribution < -0.4 is 5.73 Å². The van der Waals surface area contributed by atoms with Crippen LogP contribution in [0.3, 0.4) is 0 Å². The highest BCUT2D eigenvalue weighted by Gasteiger charge is 2.49. The number of nitrogens with zero attached hydrogens (tertiary/aromatic N) is 1. The van der Waals surface area contributed by atoms with Crippen molar-refractivity contribution >= 4 is 16.9 Å². The molecule has 1 saturated heterocycles. The van der Waals surface area contributed by atoms with Crippen molar-refractivity contribution in [2.75, 3.05) is 19.0 Å². The molecular formula is C12H13FN2OS. The van der Waals surface area contributed by atoms with Gasteiger partial charge in [0.2, 0.25) is 0 Å². The summed E-state index contributed by atoms with van der Waals surface area (Å²) in [7, 11) is 0. The largest absolute Gasteiger partial charge is 0.379 e. The van der Waals surface area contributed by atoms with Gasteiger partial charge in [-0.2, -0.15) is 0 Å². The van der Waals surface area contributed by atoms with E-state index in [2.05, 4.69) is 4.99 Å². The fourth-order valence-electron chi connectivity index (χ4n) is 2.51. The molecule has 3 rings (SSSR count). The van der Waals surface area contributed by atoms with Crippen LogP contribution in [0, 0.1) is 11.7 Å². The van der Waals surface area contributed by atoms with Gasteiger partial charge in [0.15, 0.2) is 5.17 Å². The summed E-state index contributed by atoms with van der Waals surface area (Å²) in [6.45, 7) is 1.04. The Labute approximate surface area is 103 Å². The number of amidine groups is 1. The average molecular weight is 252 g/mol. The number of halogens is 1. The SMILES string of the molecule is NC1=NC2(c3ccccc3F)COCC2CS1. The van der Waals surface area contributed by atoms with Crippen LogP contribution in [-0.4, -0.2) is 24.1 Å². The van der Waals surface area contributed by atoms with Crippen LogP contribution >= 0.6 is 11.8 Å². The molecule has 1 fully saturated rings. The summed E-state index contributed by atoms with van der Waals surface area (Å²) in [6.07, 6.45) is 0. The summed E-state index contributed by atoms with van der Waals surface area (Å²) >= 11 is 1.52. The van der Waals surface area contributed by atoms with Crippen molar-refractivity contribution in [1.29, 1.82) is 0 Å². The lowest BCUT2D eigenvalue weighted by Crippen LogP contribution is -2.40. The summed E-state index contributed by atoms with van der Waals surface area (Å²) in [6, 6.07) is 6.76. The number of hydrogen-bond donors (Lipinski definition) is 1. The van der Waals surface area contributed by atoms with E-state index in [0.717, 1.165) is 5.75 Å². The first kappa shape index (κ1) is 11.0. The van der Waals surface area contributed by atoms with Crippen LogP contribution in [0.25, 0.3) is 0 Å². The summed E-state index contributed by atoms with van der Waals surface area (Å²) in [5, 5.41) is 0.523. The lowest BCUT2D eigenvalue weighted by molar-refractivity contribution is 0.176. The van der Waals surface area contributed by atoms with Gasteiger partial charge < -0.3 is 10.5 Å². The van der Waals surface area contributed by atoms with Crippen LogP contribution in [-0.2, 0) is 10.3 Å². The molecule has 5 heteroatoms. The monoisotopic (exact) mass is 252 g/mol. The quantitative estimate of drug-likeness (QED) is 0.828. The first-order valence-electron chi connectivity index (χ1n) is 5.53. The number of thioether (sulfide) groups is 1. The maximum absolute atomic E-state index is 14.0. The second-order valence-electron chi connectivity index (χ2n) is 4.38. The van der Waals surface area contributed by atoms with Gasteiger partial charge in [-0.05, 0) is 6.07 Å². The zero-order chi connectivity index (χ0) is 11.9. The maximum atomic E-state index is 14.0. The Balaban J connectivity index is 2.15. The minimum Gasteiger partial charge on any atom is -0.379 e. The molecule has 0 aromatic heterocycles. The molecule has 2 atom stereocenters. The third-order valence-electron chi connectivity index (χ3n) is 3.40. The molecule has 0 radical (unpaired) electrons. The first-order valence-corrected chi connectivity index (χ1v) is 6.52. The number of benzene rings is 1. The number of ether oxygens (including phenoxy) is 1. The Morgan fingerprint density at radius 1 is 1.47 bits per heavy atom. The molecule has 2 aliphatic heterocycles. The number of hydrogen-bond acceptors (Lipinski definition) is 4. The van der Waals surface area contributed by atoms with Crippen LogP contribution in [0.4, 0.5) is 4.39 Å². The topological polar surface area (TPSA) is 47.6 Å². The van der Waals surface area contributed by atoms with Gasteiger partial charge in [-0.15, -0.1) is 0 Å². The highest BCUT2D eigenvalue weighted by atomic mass is 32.2. The molecule has 17 heavy (non-hydrogen) atoms. The van der Waals surface area contributed by atoms with Gasteiger partial charge in [-0.1, -0.05) is 30.0 Å². The van der Waals surface area contributed by atoms with E-state index < -0.39 is 5.54 Å². The van der Waals surface area contributed by atoms with E-state index in [1.54, 1.807) is 12.1 Å². The molecule has 2 aliphatic rings. The zero-order valence-electron chi connectivity index (χ0n) is 9.23. The van der Waals surface area contributed by atoms with Gasteiger partial charge in [0.1, 0.15) is 11.4 Å². The summed E-state index contributed by atoms with van der Waals surface area (Å²) < 4.78 is 19.5. The standard InChI is InChI=1S/C12H13FN2OS/c13-10-4-2-1-3-9(10)12-7-16-5-8(12)6-17-11(14)15-12/h1-4,8H,5-7H2,(H2,14,15). The van der Waals surface area contributed by atoms with Gasteiger partial charge >= 0.3 is 0 Å². The molecule has 1 aromatic rings. The van der Waals surface area contributed by atoms with E-state index in [-0.39, 0.29) is 11.7 Å². The van der Waals surface area contributed by atoms with Crippen LogP contribution in [0.1, 0.15) is 5.56 Å². The smallest absolute Gasteiger partial charge is 0.154 e. The normalized spacial score (nSPS) is 32.1. The molecule has 2 unspecified atom stereocenters. The van der Waals surface area contributed by atoms with Crippen LogP contribution in [0.5, 0.6) is 0 Å². The predicted molar refractivity (Wildman–Crippen MR) is 66.5 cm³/mol. The van der Waals surface area contributed by atoms with Crippen molar-refractivity contribution in [3.63, 3.8) is 0 Å². The molecule has 0 amide bonds. The Morgan fingerprint density at radius 2 is 2.29 bits per heavy atom. The molecule has 0 saturated carbocycles. The van der Waals surface area contributed by atoms with Gasteiger partial charge in [0.25, 0.3) is 0 Å². The van der Waals surface area contributed by atoms with Crippen LogP contribution in [0.2, 0.25) is 0 Å². The van der Waals surface area contributed by atoms with Crippen molar-refractivity contribution in [3.8, 4) is 0 Å². The third-order valence-corrected chi connectivity index (χ3v) is 4.35. The molecule has 0 bridgehead atoms. The number of aliphatic imine (C=N–C) groups is 1. The van der Waals surface area contributed by atoms with Gasteiger partial charge in [-0.3, -0.25) is 0 Å². The van der Waals surface area contributed by atoms with Crippen molar-refractivity contribution in [2.45, 2.75) is 5.54 Å². The van der Waals surface area contributed by atoms with Crippen molar-refractivity contribution < 1.29 is 9.13 Å². The molecule has 90 valence electrons. The van der Waals surface area contributed by atoms with Crippen molar-refractivity contribution in [2.24, 2.45) is 16.6 Å². The van der Waals surface area contributed by atoms with Gasteiger partial charge in [0.05, 0.1) is 13.2 Å². The van der Waals surface area contributed by atoms with E-state index in [0.29, 0.717) is 23.9 Å². The summed E-state index contributed by atoms with van der Waals surface area (Å²) in [5.41, 5.74) is 5.79. The van der Waals surface area contributed by atoms with Gasteiger partial charge in [-0.25, -0.2) is 9.38 Å². The minimum absolute atomic E-state index is 0.205. The lowest BCUT2D eigenvalue weighted by Gasteiger charge is -2.34. The maximum Gasteiger partial charge on any atom is 0.154 e. The molecule has 0 spiro atoms. The third kappa shape index (κ3) is 1.65. The second kappa shape index (κ2) is 3.99. The highest BCUT2D eigenvalue weighted by molar-refractivity contribution is 8.13. The Kier molecular flexibility index (Phi) is 2.60. The number of nitrogens with two attached hydrogens (primary N) is 1. The van der Waals surface area contributed by atoms with E-state index in [1.165, 1.54) is 17.8 Å². The Bertz CT molecular complexity index is 479. The fraction of sp³-hybridized carbons (Fsp3) is 0.417. The second-order valence-corrected chi connectivity index (χ2v) is 5.42. The molecular weight excluding hydrogens is 239 g/mol. The lowest BCUT2D eigenvalue weighted by atomic mass is 9.81. The Morgan fingerprint density at radius 3 is 3.12 bits per heavy atom. The Hall–Kier alpha value is -1.07. The average Bonchev–Trinajstić information content (AvgIpc) is 2.73. The summed E-state index contributed by atoms with van der Waals surface area (Å²) in [4.78, 5) is 4.50. The van der Waals surface area contributed by atoms with Gasteiger partial charge in [0, 0.05) is 17.2 Å². The van der Waals surface area contributed by atoms with E-state index >= 15 is 0 Å². The highest BCUT2D eigenvalue weighted by Crippen LogP contribution is 2.44. The predicted octanol–water partition coefficient (Wildman–Crippen LogP) is 1.73. The van der Waals surface area contributed by atoms with Crippen LogP contribution in [0.15, 0.2) is 29.3 Å². The molecule has 2 heterocycles. The van der Waals surface area contributed by atoms with Crippen molar-refractivity contribution in [3.05, 3.63) is 35.6 Å². The fourth-order valence-corrected chi connectivity index (χ4v) is 3.48. The number of rotatable bonds is 1. The van der Waals surface area contributed by atoms with Crippen molar-refractivity contribution in [1.82, 2.24) is 0 Å². The van der Waals surface area contributed by atoms with E-state index in [9.17, 15) is 4.39 Å². The molecule has 0 aliphatic carbocycles. The first-order chi connectivity index (χ1) is 8.22. The summed E-state index contributed by atoms with van der Waals surface area (Å²) in [5.74, 6) is 0.812. The number of fused-ring (bicyclic) bond motifs is 1. The minimum atomic E-state index is -0.610. The molecule has 3 nitrogen and oxygen atoms in total. The zero-order valence-corrected chi connectivity index (χ0v) is 10.0.